The number of anilines is 2. The summed E-state index contributed by atoms with van der Waals surface area (Å²) in [4.78, 5) is 43.4. The lowest BCUT2D eigenvalue weighted by Crippen LogP contribution is -2.63. The Bertz CT molecular complexity index is 1390. The summed E-state index contributed by atoms with van der Waals surface area (Å²) in [5, 5.41) is 46.5. The Morgan fingerprint density at radius 1 is 1.09 bits per heavy atom. The van der Waals surface area contributed by atoms with Crippen molar-refractivity contribution in [2.75, 3.05) is 31.3 Å². The molecule has 0 bridgehead atoms. The van der Waals surface area contributed by atoms with E-state index in [1.54, 1.807) is 32.8 Å². The quantitative estimate of drug-likeness (QED) is 0.168. The predicted octanol–water partition coefficient (Wildman–Crippen LogP) is -1.41. The molecule has 3 heterocycles. The highest BCUT2D eigenvalue weighted by atomic mass is 16.7. The molecule has 0 saturated carbocycles. The number of hydrogen-bond acceptors (Lipinski definition) is 13. The first kappa shape index (κ1) is 34.6. The number of nitrogens with two attached hydrogens (primary N) is 1. The highest BCUT2D eigenvalue weighted by molar-refractivity contribution is 6.04. The van der Waals surface area contributed by atoms with E-state index in [4.69, 9.17) is 19.9 Å². The first-order chi connectivity index (χ1) is 21.1. The fourth-order valence-corrected chi connectivity index (χ4v) is 5.36. The second kappa shape index (κ2) is 14.0. The Labute approximate surface area is 259 Å². The Kier molecular flexibility index (Phi) is 10.7. The largest absolute Gasteiger partial charge is 0.394 e. The number of aliphatic hydroxyl groups is 4. The van der Waals surface area contributed by atoms with E-state index >= 15 is 0 Å². The van der Waals surface area contributed by atoms with Gasteiger partial charge in [-0.1, -0.05) is 0 Å². The molecule has 0 unspecified atom stereocenters. The van der Waals surface area contributed by atoms with Gasteiger partial charge in [0.25, 0.3) is 5.91 Å². The molecular formula is C29H42N6O10. The van der Waals surface area contributed by atoms with Gasteiger partial charge in [0.1, 0.15) is 35.9 Å². The third-order valence-electron chi connectivity index (χ3n) is 7.99. The van der Waals surface area contributed by atoms with Crippen LogP contribution in [0.4, 0.5) is 11.5 Å². The molecule has 0 aliphatic carbocycles. The second-order valence-corrected chi connectivity index (χ2v) is 11.9. The van der Waals surface area contributed by atoms with Crippen LogP contribution in [-0.4, -0.2) is 122 Å². The third kappa shape index (κ3) is 7.74. The SMILES string of the molecule is C[C@@H]1O[C@H](O[C@@H]2[C@@H](O)C[C@@H](n3ccc(NC(=O)c4ccc(NC(=O)[C@](C)(N)CO)cc4)nc3=O)O[C@@H]2C)[C@H](O)[C@@H](O)[C@H]1N(C)C. The van der Waals surface area contributed by atoms with Crippen molar-refractivity contribution in [3.8, 4) is 0 Å². The van der Waals surface area contributed by atoms with Crippen LogP contribution in [0.15, 0.2) is 41.3 Å². The van der Waals surface area contributed by atoms with E-state index in [2.05, 4.69) is 15.6 Å². The van der Waals surface area contributed by atoms with Crippen LogP contribution in [0.1, 0.15) is 43.8 Å². The van der Waals surface area contributed by atoms with Crippen LogP contribution < -0.4 is 22.1 Å². The molecule has 16 heteroatoms. The van der Waals surface area contributed by atoms with Crippen molar-refractivity contribution in [3.63, 3.8) is 0 Å². The summed E-state index contributed by atoms with van der Waals surface area (Å²) in [5.74, 6) is -1.17. The van der Waals surface area contributed by atoms with Crippen LogP contribution in [0.3, 0.4) is 0 Å². The van der Waals surface area contributed by atoms with Gasteiger partial charge in [-0.2, -0.15) is 4.98 Å². The van der Waals surface area contributed by atoms with Crippen molar-refractivity contribution in [1.82, 2.24) is 14.5 Å². The molecule has 2 aromatic rings. The summed E-state index contributed by atoms with van der Waals surface area (Å²) in [7, 11) is 3.53. The second-order valence-electron chi connectivity index (χ2n) is 11.9. The standard InChI is InChI=1S/C29H42N6O10/c1-14-21(34(4)5)22(38)23(39)26(44-14)45-24-15(2)43-20(12-18(24)37)35-11-10-19(33-28(35)42)32-25(40)16-6-8-17(9-7-16)31-27(41)29(3,30)13-36/h6-11,14-15,18,20-24,26,36-39H,12-13,30H2,1-5H3,(H,31,41)(H,32,33,40,42)/t14-,15+,18-,20-,21-,22-,23+,24-,26+,29+/m0/s1. The number of rotatable bonds is 9. The minimum atomic E-state index is -1.47. The number of amides is 2. The third-order valence-corrected chi connectivity index (χ3v) is 7.99. The van der Waals surface area contributed by atoms with E-state index in [-0.39, 0.29) is 17.8 Å². The smallest absolute Gasteiger partial charge is 0.351 e. The summed E-state index contributed by atoms with van der Waals surface area (Å²) < 4.78 is 18.9. The topological polar surface area (TPSA) is 231 Å². The maximum absolute atomic E-state index is 12.9. The van der Waals surface area contributed by atoms with Crippen LogP contribution in [-0.2, 0) is 19.0 Å². The zero-order valence-corrected chi connectivity index (χ0v) is 25.7. The molecule has 45 heavy (non-hydrogen) atoms. The van der Waals surface area contributed by atoms with Gasteiger partial charge >= 0.3 is 5.69 Å². The molecule has 248 valence electrons. The van der Waals surface area contributed by atoms with Crippen molar-refractivity contribution in [3.05, 3.63) is 52.6 Å². The lowest BCUT2D eigenvalue weighted by atomic mass is 9.95. The van der Waals surface area contributed by atoms with Gasteiger partial charge in [0.05, 0.1) is 31.0 Å². The monoisotopic (exact) mass is 634 g/mol. The van der Waals surface area contributed by atoms with Gasteiger partial charge < -0.3 is 55.9 Å². The summed E-state index contributed by atoms with van der Waals surface area (Å²) in [6.07, 6.45) is -6.52. The lowest BCUT2D eigenvalue weighted by Gasteiger charge is -2.46. The van der Waals surface area contributed by atoms with Gasteiger partial charge in [-0.05, 0) is 65.2 Å². The fraction of sp³-hybridized carbons (Fsp3) is 0.586. The van der Waals surface area contributed by atoms with Gasteiger partial charge in [0.2, 0.25) is 5.91 Å². The molecule has 16 nitrogen and oxygen atoms in total. The van der Waals surface area contributed by atoms with Crippen LogP contribution in [0.2, 0.25) is 0 Å². The maximum Gasteiger partial charge on any atom is 0.351 e. The van der Waals surface area contributed by atoms with Crippen LogP contribution >= 0.6 is 0 Å². The number of ether oxygens (including phenoxy) is 3. The number of aromatic nitrogens is 2. The predicted molar refractivity (Wildman–Crippen MR) is 160 cm³/mol. The first-order valence-electron chi connectivity index (χ1n) is 14.5. The Hall–Kier alpha value is -3.32. The van der Waals surface area contributed by atoms with Crippen molar-refractivity contribution >= 4 is 23.3 Å². The number of aliphatic hydroxyl groups excluding tert-OH is 4. The van der Waals surface area contributed by atoms with Gasteiger partial charge in [-0.25, -0.2) is 4.79 Å². The highest BCUT2D eigenvalue weighted by Gasteiger charge is 2.47. The average molecular weight is 635 g/mol. The number of carbonyl (C=O) groups is 2. The van der Waals surface area contributed by atoms with E-state index in [1.807, 2.05) is 0 Å². The lowest BCUT2D eigenvalue weighted by molar-refractivity contribution is -0.322. The summed E-state index contributed by atoms with van der Waals surface area (Å²) in [6.45, 7) is 4.23. The van der Waals surface area contributed by atoms with Crippen LogP contribution in [0.25, 0.3) is 0 Å². The first-order valence-corrected chi connectivity index (χ1v) is 14.5. The summed E-state index contributed by atoms with van der Waals surface area (Å²) in [6, 6.07) is 6.83. The number of carbonyl (C=O) groups excluding carboxylic acids is 2. The minimum absolute atomic E-state index is 0.0155. The van der Waals surface area contributed by atoms with E-state index in [0.717, 1.165) is 0 Å². The summed E-state index contributed by atoms with van der Waals surface area (Å²) in [5.41, 5.74) is 4.10. The average Bonchev–Trinajstić information content (AvgIpc) is 2.97. The molecule has 8 N–H and O–H groups in total. The molecule has 0 spiro atoms. The van der Waals surface area contributed by atoms with Crippen LogP contribution in [0.5, 0.6) is 0 Å². The molecule has 2 saturated heterocycles. The molecule has 1 aromatic heterocycles. The zero-order valence-electron chi connectivity index (χ0n) is 25.7. The van der Waals surface area contributed by atoms with Gasteiger partial charge in [0.15, 0.2) is 6.29 Å². The fourth-order valence-electron chi connectivity index (χ4n) is 5.36. The van der Waals surface area contributed by atoms with Crippen molar-refractivity contribution < 1.29 is 44.2 Å². The molecule has 2 aliphatic heterocycles. The molecule has 10 atom stereocenters. The number of nitrogens with one attached hydrogen (secondary N) is 2. The Morgan fingerprint density at radius 3 is 2.33 bits per heavy atom. The van der Waals surface area contributed by atoms with E-state index in [9.17, 15) is 34.8 Å². The molecule has 2 fully saturated rings. The number of likely N-dealkylation sites (N-methyl/N-ethyl adjacent to an activating group) is 1. The molecule has 1 aromatic carbocycles. The summed E-state index contributed by atoms with van der Waals surface area (Å²) >= 11 is 0. The van der Waals surface area contributed by atoms with Gasteiger partial charge in [-0.3, -0.25) is 14.2 Å². The molecule has 0 radical (unpaired) electrons. The van der Waals surface area contributed by atoms with Crippen molar-refractivity contribution in [2.45, 2.75) is 87.9 Å². The van der Waals surface area contributed by atoms with Crippen molar-refractivity contribution in [2.24, 2.45) is 5.73 Å². The highest BCUT2D eigenvalue weighted by Crippen LogP contribution is 2.32. The number of hydrogen-bond donors (Lipinski definition) is 7. The van der Waals surface area contributed by atoms with E-state index in [1.165, 1.54) is 48.0 Å². The minimum Gasteiger partial charge on any atom is -0.394 e. The number of nitrogens with zero attached hydrogens (tertiary/aromatic N) is 3. The molecular weight excluding hydrogens is 592 g/mol. The number of benzene rings is 1. The zero-order chi connectivity index (χ0) is 33.2. The van der Waals surface area contributed by atoms with Gasteiger partial charge in [0, 0.05) is 23.9 Å². The van der Waals surface area contributed by atoms with Gasteiger partial charge in [-0.15, -0.1) is 0 Å². The molecule has 2 amide bonds. The maximum atomic E-state index is 12.9. The normalized spacial score (nSPS) is 31.7. The van der Waals surface area contributed by atoms with Crippen LogP contribution in [0, 0.1) is 0 Å². The Morgan fingerprint density at radius 2 is 1.76 bits per heavy atom. The molecule has 4 rings (SSSR count). The Balaban J connectivity index is 1.36. The van der Waals surface area contributed by atoms with Crippen molar-refractivity contribution in [1.29, 1.82) is 0 Å². The van der Waals surface area contributed by atoms with E-state index in [0.29, 0.717) is 5.69 Å². The van der Waals surface area contributed by atoms with E-state index < -0.39 is 84.8 Å². The molecule has 2 aliphatic rings.